The Morgan fingerprint density at radius 2 is 1.82 bits per heavy atom. The van der Waals surface area contributed by atoms with E-state index < -0.39 is 5.92 Å². The van der Waals surface area contributed by atoms with E-state index in [4.69, 9.17) is 24.7 Å². The van der Waals surface area contributed by atoms with Gasteiger partial charge in [-0.2, -0.15) is 5.26 Å². The van der Waals surface area contributed by atoms with Crippen LogP contribution in [-0.2, 0) is 6.61 Å². The number of aromatic amines is 1. The zero-order valence-electron chi connectivity index (χ0n) is 20.8. The fourth-order valence-electron chi connectivity index (χ4n) is 4.41. The summed E-state index contributed by atoms with van der Waals surface area (Å²) >= 11 is 0. The Morgan fingerprint density at radius 3 is 2.50 bits per heavy atom. The minimum absolute atomic E-state index is 0.00894. The number of rotatable bonds is 8. The fourth-order valence-corrected chi connectivity index (χ4v) is 4.41. The van der Waals surface area contributed by atoms with Crippen molar-refractivity contribution in [3.8, 4) is 40.5 Å². The topological polar surface area (TPSA) is 115 Å². The molecule has 1 aliphatic rings. The molecule has 0 bridgehead atoms. The molecule has 4 aromatic rings. The molecule has 2 heterocycles. The Balaban J connectivity index is 1.52. The first-order chi connectivity index (χ1) is 18.5. The van der Waals surface area contributed by atoms with E-state index in [1.165, 1.54) is 19.2 Å². The average molecular weight is 513 g/mol. The van der Waals surface area contributed by atoms with E-state index in [-0.39, 0.29) is 23.9 Å². The van der Waals surface area contributed by atoms with Crippen LogP contribution in [0.25, 0.3) is 11.3 Å². The van der Waals surface area contributed by atoms with Crippen LogP contribution in [0.1, 0.15) is 29.5 Å². The standard InChI is InChI=1S/C29H25FN4O4/c1-3-36-21-11-6-18(7-12-21)27-26-25(22(15-31)28(32)38-29(26)34-33-27)19-8-13-23(24(14-19)35-2)37-16-17-4-9-20(30)10-5-17/h4-14,25H,3,16,32H2,1-2H3,(H,33,34)/t25-/m0/s1. The number of hydrogen-bond acceptors (Lipinski definition) is 7. The van der Waals surface area contributed by atoms with Gasteiger partial charge in [0, 0.05) is 5.56 Å². The van der Waals surface area contributed by atoms with E-state index in [9.17, 15) is 9.65 Å². The number of nitrogens with two attached hydrogens (primary N) is 1. The van der Waals surface area contributed by atoms with Gasteiger partial charge in [-0.3, -0.25) is 5.10 Å². The molecule has 5 rings (SSSR count). The van der Waals surface area contributed by atoms with Gasteiger partial charge in [-0.25, -0.2) is 4.39 Å². The van der Waals surface area contributed by atoms with E-state index in [1.54, 1.807) is 24.3 Å². The Morgan fingerprint density at radius 1 is 1.05 bits per heavy atom. The first-order valence-electron chi connectivity index (χ1n) is 12.0. The molecule has 0 fully saturated rings. The van der Waals surface area contributed by atoms with Gasteiger partial charge in [-0.1, -0.05) is 18.2 Å². The molecule has 0 unspecified atom stereocenters. The predicted octanol–water partition coefficient (Wildman–Crippen LogP) is 5.42. The van der Waals surface area contributed by atoms with Crippen LogP contribution in [0.5, 0.6) is 23.1 Å². The van der Waals surface area contributed by atoms with Crippen LogP contribution >= 0.6 is 0 Å². The molecule has 1 atom stereocenters. The van der Waals surface area contributed by atoms with Gasteiger partial charge in [-0.05, 0) is 66.6 Å². The van der Waals surface area contributed by atoms with Crippen LogP contribution in [0.3, 0.4) is 0 Å². The summed E-state index contributed by atoms with van der Waals surface area (Å²) in [7, 11) is 1.54. The lowest BCUT2D eigenvalue weighted by molar-refractivity contribution is 0.284. The molecule has 192 valence electrons. The van der Waals surface area contributed by atoms with E-state index in [1.807, 2.05) is 37.3 Å². The van der Waals surface area contributed by atoms with Crippen molar-refractivity contribution in [2.24, 2.45) is 5.73 Å². The number of allylic oxidation sites excluding steroid dienone is 1. The Bertz CT molecular complexity index is 1520. The van der Waals surface area contributed by atoms with Crippen molar-refractivity contribution >= 4 is 0 Å². The lowest BCUT2D eigenvalue weighted by Crippen LogP contribution is -2.21. The summed E-state index contributed by atoms with van der Waals surface area (Å²) in [6, 6.07) is 21.3. The molecular formula is C29H25FN4O4. The first kappa shape index (κ1) is 24.7. The molecule has 0 saturated heterocycles. The zero-order chi connectivity index (χ0) is 26.6. The van der Waals surface area contributed by atoms with Crippen LogP contribution < -0.4 is 24.7 Å². The molecule has 8 nitrogen and oxygen atoms in total. The molecule has 38 heavy (non-hydrogen) atoms. The Labute approximate surface area is 219 Å². The van der Waals surface area contributed by atoms with Crippen molar-refractivity contribution in [1.82, 2.24) is 10.2 Å². The van der Waals surface area contributed by atoms with Crippen molar-refractivity contribution in [3.05, 3.63) is 101 Å². The molecule has 3 aromatic carbocycles. The van der Waals surface area contributed by atoms with Gasteiger partial charge < -0.3 is 24.7 Å². The van der Waals surface area contributed by atoms with Gasteiger partial charge in [0.2, 0.25) is 11.8 Å². The first-order valence-corrected chi connectivity index (χ1v) is 12.0. The van der Waals surface area contributed by atoms with Crippen LogP contribution in [0, 0.1) is 17.1 Å². The molecule has 0 spiro atoms. The highest BCUT2D eigenvalue weighted by Crippen LogP contribution is 2.47. The number of H-pyrrole nitrogens is 1. The SMILES string of the molecule is CCOc1ccc(-c2[nH]nc3c2[C@@H](c2ccc(OCc4ccc(F)cc4)c(OC)c2)C(C#N)=C(N)O3)cc1. The molecule has 0 saturated carbocycles. The summed E-state index contributed by atoms with van der Waals surface area (Å²) in [6.07, 6.45) is 0. The van der Waals surface area contributed by atoms with Crippen molar-refractivity contribution < 1.29 is 23.3 Å². The number of halogens is 1. The molecule has 0 aliphatic carbocycles. The summed E-state index contributed by atoms with van der Waals surface area (Å²) in [5.41, 5.74) is 10.2. The van der Waals surface area contributed by atoms with Crippen molar-refractivity contribution in [2.75, 3.05) is 13.7 Å². The number of ether oxygens (including phenoxy) is 4. The van der Waals surface area contributed by atoms with Crippen LogP contribution in [0.2, 0.25) is 0 Å². The van der Waals surface area contributed by atoms with E-state index in [2.05, 4.69) is 16.3 Å². The number of methoxy groups -OCH3 is 1. The Hall–Kier alpha value is -4.97. The summed E-state index contributed by atoms with van der Waals surface area (Å²) in [6.45, 7) is 2.72. The minimum Gasteiger partial charge on any atom is -0.494 e. The lowest BCUT2D eigenvalue weighted by Gasteiger charge is -2.25. The van der Waals surface area contributed by atoms with Gasteiger partial charge in [-0.15, -0.1) is 5.10 Å². The summed E-state index contributed by atoms with van der Waals surface area (Å²) < 4.78 is 36.1. The zero-order valence-corrected chi connectivity index (χ0v) is 20.8. The molecular weight excluding hydrogens is 487 g/mol. The van der Waals surface area contributed by atoms with E-state index in [0.717, 1.165) is 22.4 Å². The van der Waals surface area contributed by atoms with Gasteiger partial charge in [0.05, 0.1) is 30.9 Å². The van der Waals surface area contributed by atoms with Crippen LogP contribution in [-0.4, -0.2) is 23.9 Å². The number of nitriles is 1. The van der Waals surface area contributed by atoms with E-state index in [0.29, 0.717) is 35.2 Å². The van der Waals surface area contributed by atoms with Gasteiger partial charge in [0.15, 0.2) is 11.5 Å². The number of nitrogens with one attached hydrogen (secondary N) is 1. The molecule has 1 aliphatic heterocycles. The summed E-state index contributed by atoms with van der Waals surface area (Å²) in [5, 5.41) is 17.4. The quantitative estimate of drug-likeness (QED) is 0.324. The van der Waals surface area contributed by atoms with Gasteiger partial charge in [0.1, 0.15) is 29.8 Å². The average Bonchev–Trinajstić information content (AvgIpc) is 3.35. The second-order valence-electron chi connectivity index (χ2n) is 8.53. The molecule has 3 N–H and O–H groups in total. The number of aromatic nitrogens is 2. The molecule has 0 amide bonds. The monoisotopic (exact) mass is 512 g/mol. The Kier molecular flexibility index (Phi) is 6.87. The third-order valence-corrected chi connectivity index (χ3v) is 6.22. The highest BCUT2D eigenvalue weighted by molar-refractivity contribution is 5.71. The second-order valence-corrected chi connectivity index (χ2v) is 8.53. The number of nitrogens with zero attached hydrogens (tertiary/aromatic N) is 2. The number of benzene rings is 3. The minimum atomic E-state index is -0.566. The van der Waals surface area contributed by atoms with Crippen molar-refractivity contribution in [3.63, 3.8) is 0 Å². The molecule has 9 heteroatoms. The van der Waals surface area contributed by atoms with Crippen LogP contribution in [0.15, 0.2) is 78.2 Å². The van der Waals surface area contributed by atoms with E-state index >= 15 is 0 Å². The maximum atomic E-state index is 13.2. The second kappa shape index (κ2) is 10.6. The third-order valence-electron chi connectivity index (χ3n) is 6.22. The predicted molar refractivity (Wildman–Crippen MR) is 138 cm³/mol. The van der Waals surface area contributed by atoms with Gasteiger partial charge in [0.25, 0.3) is 0 Å². The maximum absolute atomic E-state index is 13.2. The van der Waals surface area contributed by atoms with Crippen molar-refractivity contribution in [2.45, 2.75) is 19.4 Å². The lowest BCUT2D eigenvalue weighted by atomic mass is 9.83. The third kappa shape index (κ3) is 4.72. The summed E-state index contributed by atoms with van der Waals surface area (Å²) in [5.74, 6) is 1.14. The number of fused-ring (bicyclic) bond motifs is 1. The smallest absolute Gasteiger partial charge is 0.244 e. The van der Waals surface area contributed by atoms with Crippen molar-refractivity contribution in [1.29, 1.82) is 5.26 Å². The fraction of sp³-hybridized carbons (Fsp3) is 0.172. The maximum Gasteiger partial charge on any atom is 0.244 e. The molecule has 0 radical (unpaired) electrons. The highest BCUT2D eigenvalue weighted by Gasteiger charge is 2.36. The van der Waals surface area contributed by atoms with Gasteiger partial charge >= 0.3 is 0 Å². The normalized spacial score (nSPS) is 14.3. The van der Waals surface area contributed by atoms with Crippen LogP contribution in [0.4, 0.5) is 4.39 Å². The number of hydrogen-bond donors (Lipinski definition) is 2. The summed E-state index contributed by atoms with van der Waals surface area (Å²) in [4.78, 5) is 0. The highest BCUT2D eigenvalue weighted by atomic mass is 19.1. The molecule has 1 aromatic heterocycles. The largest absolute Gasteiger partial charge is 0.494 e.